The van der Waals surface area contributed by atoms with Crippen molar-refractivity contribution in [1.29, 1.82) is 0 Å². The number of anilines is 3. The molecule has 5 aromatic rings. The number of fused-ring (bicyclic) bond motifs is 2. The topological polar surface area (TPSA) is 149 Å². The Morgan fingerprint density at radius 1 is 1.04 bits per heavy atom. The number of benzene rings is 1. The highest BCUT2D eigenvalue weighted by atomic mass is 16.5. The van der Waals surface area contributed by atoms with Crippen LogP contribution in [0.1, 0.15) is 68.1 Å². The van der Waals surface area contributed by atoms with Crippen molar-refractivity contribution in [3.63, 3.8) is 0 Å². The number of esters is 1. The number of piperazine rings is 1. The summed E-state index contributed by atoms with van der Waals surface area (Å²) in [5, 5.41) is 4.56. The number of carbonyl (C=O) groups is 1. The van der Waals surface area contributed by atoms with Crippen molar-refractivity contribution in [2.45, 2.75) is 51.8 Å². The van der Waals surface area contributed by atoms with Crippen LogP contribution in [0.2, 0.25) is 0 Å². The Morgan fingerprint density at radius 2 is 1.89 bits per heavy atom. The van der Waals surface area contributed by atoms with Crippen LogP contribution in [0.25, 0.3) is 22.1 Å². The van der Waals surface area contributed by atoms with Crippen LogP contribution in [0.4, 0.5) is 17.7 Å². The molecule has 45 heavy (non-hydrogen) atoms. The molecule has 2 saturated heterocycles. The van der Waals surface area contributed by atoms with E-state index in [-0.39, 0.29) is 24.6 Å². The maximum atomic E-state index is 12.1. The monoisotopic (exact) mass is 612 g/mol. The molecule has 14 heteroatoms. The van der Waals surface area contributed by atoms with Gasteiger partial charge in [0.1, 0.15) is 24.6 Å². The van der Waals surface area contributed by atoms with E-state index < -0.39 is 5.97 Å². The number of para-hydroxylation sites is 1. The van der Waals surface area contributed by atoms with Gasteiger partial charge in [-0.3, -0.25) is 4.57 Å². The van der Waals surface area contributed by atoms with Crippen molar-refractivity contribution in [2.24, 2.45) is 0 Å². The number of rotatable bonds is 9. The molecule has 234 valence electrons. The van der Waals surface area contributed by atoms with Gasteiger partial charge < -0.3 is 29.0 Å². The number of aromatic nitrogens is 7. The number of hydrogen-bond donors (Lipinski definition) is 1. The molecule has 4 aromatic heterocycles. The first-order chi connectivity index (χ1) is 22.1. The first kappa shape index (κ1) is 28.9. The van der Waals surface area contributed by atoms with Crippen LogP contribution >= 0.6 is 0 Å². The fraction of sp³-hybridized carbons (Fsp3) is 0.452. The van der Waals surface area contributed by atoms with Crippen molar-refractivity contribution in [1.82, 2.24) is 34.5 Å². The van der Waals surface area contributed by atoms with Crippen molar-refractivity contribution >= 4 is 45.7 Å². The van der Waals surface area contributed by atoms with Gasteiger partial charge in [0.05, 0.1) is 24.5 Å². The lowest BCUT2D eigenvalue weighted by atomic mass is 10.1. The maximum absolute atomic E-state index is 12.1. The molecular formula is C31H36N10O4. The van der Waals surface area contributed by atoms with Crippen LogP contribution in [0.3, 0.4) is 0 Å². The Balaban J connectivity index is 1.13. The molecule has 0 spiro atoms. The molecule has 0 radical (unpaired) electrons. The van der Waals surface area contributed by atoms with E-state index in [2.05, 4.69) is 43.1 Å². The molecule has 1 unspecified atom stereocenters. The van der Waals surface area contributed by atoms with Crippen LogP contribution in [-0.2, 0) is 9.47 Å². The number of nitrogens with zero attached hydrogens (tertiary/aromatic N) is 9. The highest BCUT2D eigenvalue weighted by molar-refractivity contribution is 5.90. The number of hydrogen-bond acceptors (Lipinski definition) is 13. The number of imidazole rings is 1. The third-order valence-corrected chi connectivity index (χ3v) is 8.28. The number of ether oxygens (including phenoxy) is 2. The van der Waals surface area contributed by atoms with Gasteiger partial charge in [0.2, 0.25) is 0 Å². The van der Waals surface area contributed by atoms with Gasteiger partial charge in [-0.2, -0.15) is 4.98 Å². The van der Waals surface area contributed by atoms with Crippen molar-refractivity contribution < 1.29 is 18.7 Å². The molecule has 1 N–H and O–H groups in total. The van der Waals surface area contributed by atoms with E-state index in [4.69, 9.17) is 23.9 Å². The summed E-state index contributed by atoms with van der Waals surface area (Å²) in [7, 11) is 0. The zero-order chi connectivity index (χ0) is 30.8. The third kappa shape index (κ3) is 5.72. The van der Waals surface area contributed by atoms with Crippen molar-refractivity contribution in [3.8, 4) is 0 Å². The van der Waals surface area contributed by atoms with Gasteiger partial charge in [0, 0.05) is 38.2 Å². The van der Waals surface area contributed by atoms with Gasteiger partial charge in [0.25, 0.3) is 6.01 Å². The van der Waals surface area contributed by atoms with Gasteiger partial charge in [-0.15, -0.1) is 0 Å². The predicted molar refractivity (Wildman–Crippen MR) is 167 cm³/mol. The molecule has 0 aliphatic carbocycles. The van der Waals surface area contributed by atoms with Gasteiger partial charge >= 0.3 is 5.97 Å². The summed E-state index contributed by atoms with van der Waals surface area (Å²) in [5.74, 6) is 1.71. The molecule has 0 saturated carbocycles. The van der Waals surface area contributed by atoms with Crippen LogP contribution in [0, 0.1) is 0 Å². The molecule has 14 nitrogen and oxygen atoms in total. The fourth-order valence-electron chi connectivity index (χ4n) is 5.92. The summed E-state index contributed by atoms with van der Waals surface area (Å²) < 4.78 is 18.6. The van der Waals surface area contributed by atoms with E-state index >= 15 is 0 Å². The first-order valence-electron chi connectivity index (χ1n) is 15.6. The van der Waals surface area contributed by atoms with E-state index in [9.17, 15) is 4.79 Å². The minimum atomic E-state index is -0.487. The van der Waals surface area contributed by atoms with Crippen LogP contribution in [0.5, 0.6) is 0 Å². The maximum Gasteiger partial charge on any atom is 0.360 e. The van der Waals surface area contributed by atoms with Crippen molar-refractivity contribution in [2.75, 3.05) is 54.5 Å². The zero-order valence-corrected chi connectivity index (χ0v) is 25.4. The Morgan fingerprint density at radius 3 is 2.69 bits per heavy atom. The van der Waals surface area contributed by atoms with Gasteiger partial charge in [0.15, 0.2) is 28.5 Å². The van der Waals surface area contributed by atoms with Gasteiger partial charge in [-0.1, -0.05) is 19.1 Å². The lowest BCUT2D eigenvalue weighted by Gasteiger charge is -2.35. The molecule has 6 heterocycles. The standard InChI is InChI=1S/C31H36N10O4/c1-3-21(35-27-25-29(33-18-32-27)41(19-34-25)24-11-7-8-16-44-24)26-36-22-10-6-5-9-20(22)28(38-26)39-12-14-40(15-13-39)31-37-23(17-45-31)30(42)43-4-2/h5-6,9-10,17-19,21,24H,3-4,7-8,11-16H2,1-2H3,(H,32,33,35)/t21-,24?/m0/s1. The highest BCUT2D eigenvalue weighted by Gasteiger charge is 2.27. The van der Waals surface area contributed by atoms with Crippen molar-refractivity contribution in [3.05, 3.63) is 54.7 Å². The summed E-state index contributed by atoms with van der Waals surface area (Å²) >= 11 is 0. The predicted octanol–water partition coefficient (Wildman–Crippen LogP) is 4.52. The summed E-state index contributed by atoms with van der Waals surface area (Å²) in [5.41, 5.74) is 2.49. The quantitative estimate of drug-likeness (QED) is 0.233. The molecule has 0 bridgehead atoms. The minimum Gasteiger partial charge on any atom is -0.461 e. The number of oxazole rings is 1. The Hall–Kier alpha value is -4.85. The summed E-state index contributed by atoms with van der Waals surface area (Å²) in [6.07, 6.45) is 8.50. The van der Waals surface area contributed by atoms with E-state index in [1.807, 2.05) is 27.7 Å². The van der Waals surface area contributed by atoms with Crippen LogP contribution in [-0.4, -0.2) is 79.8 Å². The van der Waals surface area contributed by atoms with Gasteiger partial charge in [-0.25, -0.2) is 29.7 Å². The first-order valence-corrected chi connectivity index (χ1v) is 15.6. The molecule has 2 aliphatic rings. The number of nitrogens with one attached hydrogen (secondary N) is 1. The average molecular weight is 613 g/mol. The van der Waals surface area contributed by atoms with Gasteiger partial charge in [-0.05, 0) is 44.7 Å². The fourth-order valence-corrected chi connectivity index (χ4v) is 5.92. The lowest BCUT2D eigenvalue weighted by Crippen LogP contribution is -2.47. The SMILES string of the molecule is CCOC(=O)c1coc(N2CCN(c3nc([C@H](CC)Nc4ncnc5c4ncn5C4CCCCO4)nc4ccccc34)CC2)n1. The van der Waals surface area contributed by atoms with Crippen LogP contribution < -0.4 is 15.1 Å². The summed E-state index contributed by atoms with van der Waals surface area (Å²) in [6.45, 7) is 7.57. The zero-order valence-electron chi connectivity index (χ0n) is 25.4. The Bertz CT molecular complexity index is 1790. The Labute approximate surface area is 259 Å². The minimum absolute atomic E-state index is 0.0662. The molecule has 0 amide bonds. The molecule has 7 rings (SSSR count). The van der Waals surface area contributed by atoms with E-state index in [0.717, 1.165) is 54.7 Å². The number of carbonyl (C=O) groups excluding carboxylic acids is 1. The normalized spacial score (nSPS) is 18.0. The Kier molecular flexibility index (Phi) is 8.11. The molecule has 2 aliphatic heterocycles. The summed E-state index contributed by atoms with van der Waals surface area (Å²) in [6, 6.07) is 8.28. The summed E-state index contributed by atoms with van der Waals surface area (Å²) in [4.78, 5) is 44.6. The smallest absolute Gasteiger partial charge is 0.360 e. The second-order valence-corrected chi connectivity index (χ2v) is 11.1. The van der Waals surface area contributed by atoms with E-state index in [1.54, 1.807) is 19.6 Å². The second kappa shape index (κ2) is 12.6. The molecular weight excluding hydrogens is 576 g/mol. The molecule has 2 atom stereocenters. The third-order valence-electron chi connectivity index (χ3n) is 8.28. The average Bonchev–Trinajstić information content (AvgIpc) is 3.76. The second-order valence-electron chi connectivity index (χ2n) is 11.1. The molecule has 1 aromatic carbocycles. The molecule has 2 fully saturated rings. The largest absolute Gasteiger partial charge is 0.461 e. The highest BCUT2D eigenvalue weighted by Crippen LogP contribution is 2.32. The van der Waals surface area contributed by atoms with Crippen LogP contribution in [0.15, 0.2) is 47.6 Å². The van der Waals surface area contributed by atoms with E-state index in [0.29, 0.717) is 49.4 Å². The van der Waals surface area contributed by atoms with E-state index in [1.165, 1.54) is 6.26 Å². The lowest BCUT2D eigenvalue weighted by molar-refractivity contribution is -0.0298.